The summed E-state index contributed by atoms with van der Waals surface area (Å²) < 4.78 is 4.75. The summed E-state index contributed by atoms with van der Waals surface area (Å²) in [6.45, 7) is 5.27. The molecule has 1 saturated heterocycles. The highest BCUT2D eigenvalue weighted by molar-refractivity contribution is 5.77. The van der Waals surface area contributed by atoms with Gasteiger partial charge in [-0.25, -0.2) is 4.98 Å². The molecule has 1 aromatic rings. The fourth-order valence-electron chi connectivity index (χ4n) is 2.47. The van der Waals surface area contributed by atoms with Gasteiger partial charge in [-0.05, 0) is 26.2 Å². The molecule has 122 valence electrons. The van der Waals surface area contributed by atoms with Crippen molar-refractivity contribution in [1.82, 2.24) is 15.3 Å². The van der Waals surface area contributed by atoms with Gasteiger partial charge >= 0.3 is 0 Å². The highest BCUT2D eigenvalue weighted by atomic mass is 16.5. The van der Waals surface area contributed by atoms with Gasteiger partial charge in [-0.2, -0.15) is 4.98 Å². The summed E-state index contributed by atoms with van der Waals surface area (Å²) in [6, 6.07) is 2.02. The van der Waals surface area contributed by atoms with E-state index in [1.165, 1.54) is 26.4 Å². The second-order valence-electron chi connectivity index (χ2n) is 5.45. The molecular formula is C15H25N5O2. The molecule has 0 aliphatic carbocycles. The van der Waals surface area contributed by atoms with Crippen LogP contribution in [0, 0.1) is 6.92 Å². The third kappa shape index (κ3) is 5.14. The van der Waals surface area contributed by atoms with Crippen LogP contribution >= 0.6 is 0 Å². The lowest BCUT2D eigenvalue weighted by molar-refractivity contribution is -0.124. The van der Waals surface area contributed by atoms with Crippen molar-refractivity contribution in [3.05, 3.63) is 11.8 Å². The number of methoxy groups -OCH3 is 1. The van der Waals surface area contributed by atoms with Crippen LogP contribution in [0.5, 0.6) is 0 Å². The van der Waals surface area contributed by atoms with Crippen LogP contribution in [-0.4, -0.2) is 55.8 Å². The third-order valence-corrected chi connectivity index (χ3v) is 3.53. The molecule has 1 aromatic heterocycles. The lowest BCUT2D eigenvalue weighted by Crippen LogP contribution is -2.32. The van der Waals surface area contributed by atoms with E-state index >= 15 is 0 Å². The SMILES string of the molecule is COCC(=O)NCCNc1nc(C)cc(N2CCCCC2)n1. The van der Waals surface area contributed by atoms with Gasteiger partial charge in [0, 0.05) is 45.0 Å². The molecule has 2 heterocycles. The van der Waals surface area contributed by atoms with Crippen LogP contribution in [0.4, 0.5) is 11.8 Å². The van der Waals surface area contributed by atoms with Crippen molar-refractivity contribution in [1.29, 1.82) is 0 Å². The first-order chi connectivity index (χ1) is 10.7. The van der Waals surface area contributed by atoms with Gasteiger partial charge in [-0.1, -0.05) is 0 Å². The summed E-state index contributed by atoms with van der Waals surface area (Å²) in [7, 11) is 1.50. The van der Waals surface area contributed by atoms with Crippen molar-refractivity contribution in [2.45, 2.75) is 26.2 Å². The van der Waals surface area contributed by atoms with E-state index in [2.05, 4.69) is 25.5 Å². The number of aryl methyl sites for hydroxylation is 1. The number of piperidine rings is 1. The van der Waals surface area contributed by atoms with E-state index < -0.39 is 0 Å². The summed E-state index contributed by atoms with van der Waals surface area (Å²) in [4.78, 5) is 22.5. The van der Waals surface area contributed by atoms with Crippen molar-refractivity contribution in [2.24, 2.45) is 0 Å². The minimum atomic E-state index is -0.122. The summed E-state index contributed by atoms with van der Waals surface area (Å²) in [5, 5.41) is 5.91. The Morgan fingerprint density at radius 1 is 1.27 bits per heavy atom. The molecule has 0 bridgehead atoms. The first kappa shape index (κ1) is 16.5. The second kappa shape index (κ2) is 8.53. The number of anilines is 2. The summed E-state index contributed by atoms with van der Waals surface area (Å²) in [6.07, 6.45) is 3.74. The molecule has 1 aliphatic rings. The number of rotatable bonds is 7. The average molecular weight is 307 g/mol. The van der Waals surface area contributed by atoms with Crippen molar-refractivity contribution in [3.63, 3.8) is 0 Å². The number of hydrogen-bond acceptors (Lipinski definition) is 6. The van der Waals surface area contributed by atoms with Crippen LogP contribution in [-0.2, 0) is 9.53 Å². The van der Waals surface area contributed by atoms with Crippen molar-refractivity contribution in [3.8, 4) is 0 Å². The maximum absolute atomic E-state index is 11.3. The Hall–Kier alpha value is -1.89. The number of nitrogens with one attached hydrogen (secondary N) is 2. The first-order valence-corrected chi connectivity index (χ1v) is 7.79. The molecule has 2 N–H and O–H groups in total. The number of ether oxygens (including phenoxy) is 1. The number of amides is 1. The predicted octanol–water partition coefficient (Wildman–Crippen LogP) is 0.950. The third-order valence-electron chi connectivity index (χ3n) is 3.53. The Balaban J connectivity index is 1.85. The Morgan fingerprint density at radius 2 is 2.05 bits per heavy atom. The molecule has 7 nitrogen and oxygen atoms in total. The van der Waals surface area contributed by atoms with Crippen LogP contribution in [0.25, 0.3) is 0 Å². The molecule has 0 unspecified atom stereocenters. The molecule has 1 amide bonds. The highest BCUT2D eigenvalue weighted by Crippen LogP contribution is 2.19. The average Bonchev–Trinajstić information content (AvgIpc) is 2.52. The quantitative estimate of drug-likeness (QED) is 0.730. The monoisotopic (exact) mass is 307 g/mol. The van der Waals surface area contributed by atoms with Crippen LogP contribution in [0.15, 0.2) is 6.07 Å². The number of nitrogens with zero attached hydrogens (tertiary/aromatic N) is 3. The molecule has 1 fully saturated rings. The molecule has 2 rings (SSSR count). The molecule has 0 saturated carbocycles. The first-order valence-electron chi connectivity index (χ1n) is 7.79. The summed E-state index contributed by atoms with van der Waals surface area (Å²) >= 11 is 0. The smallest absolute Gasteiger partial charge is 0.246 e. The van der Waals surface area contributed by atoms with E-state index in [-0.39, 0.29) is 12.5 Å². The van der Waals surface area contributed by atoms with E-state index in [0.717, 1.165) is 24.6 Å². The van der Waals surface area contributed by atoms with E-state index in [1.54, 1.807) is 0 Å². The molecule has 0 atom stereocenters. The zero-order valence-corrected chi connectivity index (χ0v) is 13.4. The Kier molecular flexibility index (Phi) is 6.39. The van der Waals surface area contributed by atoms with Crippen molar-refractivity contribution in [2.75, 3.05) is 50.1 Å². The lowest BCUT2D eigenvalue weighted by atomic mass is 10.1. The van der Waals surface area contributed by atoms with Gasteiger partial charge in [0.2, 0.25) is 11.9 Å². The standard InChI is InChI=1S/C15H25N5O2/c1-12-10-13(20-8-4-3-5-9-20)19-15(18-12)17-7-6-16-14(21)11-22-2/h10H,3-9,11H2,1-2H3,(H,16,21)(H,17,18,19). The van der Waals surface area contributed by atoms with Gasteiger partial charge in [-0.3, -0.25) is 4.79 Å². The van der Waals surface area contributed by atoms with Gasteiger partial charge in [-0.15, -0.1) is 0 Å². The van der Waals surface area contributed by atoms with E-state index in [9.17, 15) is 4.79 Å². The summed E-state index contributed by atoms with van der Waals surface area (Å²) in [5.74, 6) is 1.48. The number of hydrogen-bond donors (Lipinski definition) is 2. The van der Waals surface area contributed by atoms with E-state index in [1.807, 2.05) is 13.0 Å². The van der Waals surface area contributed by atoms with E-state index in [4.69, 9.17) is 4.74 Å². The molecule has 0 aromatic carbocycles. The largest absolute Gasteiger partial charge is 0.375 e. The lowest BCUT2D eigenvalue weighted by Gasteiger charge is -2.28. The molecular weight excluding hydrogens is 282 g/mol. The number of carbonyl (C=O) groups is 1. The van der Waals surface area contributed by atoms with Crippen molar-refractivity contribution >= 4 is 17.7 Å². The maximum atomic E-state index is 11.3. The van der Waals surface area contributed by atoms with Crippen LogP contribution in [0.2, 0.25) is 0 Å². The Labute approximate surface area is 131 Å². The Morgan fingerprint density at radius 3 is 2.77 bits per heavy atom. The van der Waals surface area contributed by atoms with Gasteiger partial charge in [0.25, 0.3) is 0 Å². The van der Waals surface area contributed by atoms with Crippen LogP contribution in [0.1, 0.15) is 25.0 Å². The molecule has 0 spiro atoms. The van der Waals surface area contributed by atoms with Gasteiger partial charge in [0.1, 0.15) is 12.4 Å². The zero-order chi connectivity index (χ0) is 15.8. The molecule has 22 heavy (non-hydrogen) atoms. The highest BCUT2D eigenvalue weighted by Gasteiger charge is 2.13. The van der Waals surface area contributed by atoms with Crippen molar-refractivity contribution < 1.29 is 9.53 Å². The summed E-state index contributed by atoms with van der Waals surface area (Å²) in [5.41, 5.74) is 0.946. The van der Waals surface area contributed by atoms with E-state index in [0.29, 0.717) is 19.0 Å². The van der Waals surface area contributed by atoms with Crippen LogP contribution in [0.3, 0.4) is 0 Å². The molecule has 0 radical (unpaired) electrons. The zero-order valence-electron chi connectivity index (χ0n) is 13.4. The van der Waals surface area contributed by atoms with Gasteiger partial charge in [0.15, 0.2) is 0 Å². The second-order valence-corrected chi connectivity index (χ2v) is 5.45. The normalized spacial score (nSPS) is 14.7. The van der Waals surface area contributed by atoms with Gasteiger partial charge in [0.05, 0.1) is 0 Å². The Bertz CT molecular complexity index is 489. The fraction of sp³-hybridized carbons (Fsp3) is 0.667. The fourth-order valence-corrected chi connectivity index (χ4v) is 2.47. The predicted molar refractivity (Wildman–Crippen MR) is 86.2 cm³/mol. The number of aromatic nitrogens is 2. The topological polar surface area (TPSA) is 79.4 Å². The minimum absolute atomic E-state index is 0.0834. The maximum Gasteiger partial charge on any atom is 0.246 e. The number of carbonyl (C=O) groups excluding carboxylic acids is 1. The molecule has 1 aliphatic heterocycles. The van der Waals surface area contributed by atoms with Crippen LogP contribution < -0.4 is 15.5 Å². The van der Waals surface area contributed by atoms with Gasteiger partial charge < -0.3 is 20.3 Å². The molecule has 7 heteroatoms. The minimum Gasteiger partial charge on any atom is -0.375 e.